The maximum atomic E-state index is 13.4. The van der Waals surface area contributed by atoms with Gasteiger partial charge in [0.25, 0.3) is 5.91 Å². The monoisotopic (exact) mass is 486 g/mol. The van der Waals surface area contributed by atoms with Crippen LogP contribution in [0.15, 0.2) is 64.8 Å². The van der Waals surface area contributed by atoms with Gasteiger partial charge in [0.15, 0.2) is 5.78 Å². The van der Waals surface area contributed by atoms with Crippen molar-refractivity contribution in [1.29, 1.82) is 0 Å². The molecule has 1 amide bonds. The van der Waals surface area contributed by atoms with Gasteiger partial charge in [-0.15, -0.1) is 11.8 Å². The lowest BCUT2D eigenvalue weighted by molar-refractivity contribution is -0.118. The van der Waals surface area contributed by atoms with E-state index in [1.165, 1.54) is 5.56 Å². The van der Waals surface area contributed by atoms with Gasteiger partial charge < -0.3 is 10.6 Å². The van der Waals surface area contributed by atoms with Crippen LogP contribution in [-0.2, 0) is 4.79 Å². The summed E-state index contributed by atoms with van der Waals surface area (Å²) in [7, 11) is 0. The number of nitrogens with one attached hydrogen (secondary N) is 2. The Bertz CT molecular complexity index is 1370. The van der Waals surface area contributed by atoms with Crippen LogP contribution in [0, 0.1) is 19.3 Å². The van der Waals surface area contributed by atoms with Gasteiger partial charge in [-0.1, -0.05) is 32.0 Å². The van der Waals surface area contributed by atoms with Gasteiger partial charge in [-0.25, -0.2) is 4.68 Å². The van der Waals surface area contributed by atoms with E-state index in [1.54, 1.807) is 22.6 Å². The normalized spacial score (nSPS) is 18.5. The van der Waals surface area contributed by atoms with Crippen LogP contribution in [0.4, 0.5) is 11.5 Å². The van der Waals surface area contributed by atoms with Crippen molar-refractivity contribution in [2.45, 2.75) is 51.5 Å². The molecule has 0 saturated carbocycles. The van der Waals surface area contributed by atoms with E-state index < -0.39 is 0 Å². The lowest BCUT2D eigenvalue weighted by Gasteiger charge is -2.39. The number of carbonyl (C=O) groups is 2. The van der Waals surface area contributed by atoms with Gasteiger partial charge in [0.1, 0.15) is 17.4 Å². The van der Waals surface area contributed by atoms with E-state index in [0.29, 0.717) is 17.8 Å². The number of thioether (sulfide) groups is 1. The number of amides is 1. The molecule has 1 aromatic heterocycles. The van der Waals surface area contributed by atoms with E-state index in [0.717, 1.165) is 39.4 Å². The average Bonchev–Trinajstić information content (AvgIpc) is 3.23. The highest BCUT2D eigenvalue weighted by atomic mass is 32.2. The highest BCUT2D eigenvalue weighted by Crippen LogP contribution is 2.46. The van der Waals surface area contributed by atoms with Crippen molar-refractivity contribution in [3.8, 4) is 0 Å². The summed E-state index contributed by atoms with van der Waals surface area (Å²) >= 11 is 1.68. The summed E-state index contributed by atoms with van der Waals surface area (Å²) in [6, 6.07) is 13.7. The van der Waals surface area contributed by atoms with Gasteiger partial charge in [-0.3, -0.25) is 9.59 Å². The number of anilines is 2. The quantitative estimate of drug-likeness (QED) is 0.434. The fraction of sp³-hybridized carbons (Fsp3) is 0.321. The molecule has 1 aliphatic heterocycles. The highest BCUT2D eigenvalue weighted by molar-refractivity contribution is 7.98. The molecule has 180 valence electrons. The van der Waals surface area contributed by atoms with E-state index in [2.05, 4.69) is 53.8 Å². The van der Waals surface area contributed by atoms with Gasteiger partial charge in [-0.05, 0) is 72.9 Å². The van der Waals surface area contributed by atoms with Crippen LogP contribution in [0.5, 0.6) is 0 Å². The highest BCUT2D eigenvalue weighted by Gasteiger charge is 2.42. The summed E-state index contributed by atoms with van der Waals surface area (Å²) in [5.74, 6) is 0.517. The van der Waals surface area contributed by atoms with Crippen molar-refractivity contribution in [1.82, 2.24) is 9.78 Å². The van der Waals surface area contributed by atoms with Gasteiger partial charge >= 0.3 is 0 Å². The smallest absolute Gasteiger partial charge is 0.261 e. The minimum Gasteiger partial charge on any atom is -0.343 e. The zero-order valence-corrected chi connectivity index (χ0v) is 21.5. The number of hydrogen-bond donors (Lipinski definition) is 2. The molecule has 2 N–H and O–H groups in total. The van der Waals surface area contributed by atoms with E-state index in [1.807, 2.05) is 38.3 Å². The molecule has 0 radical (unpaired) electrons. The Hall–Kier alpha value is -3.32. The number of aryl methyl sites for hydroxylation is 2. The molecule has 1 atom stereocenters. The molecule has 5 rings (SSSR count). The van der Waals surface area contributed by atoms with Crippen molar-refractivity contribution in [3.05, 3.63) is 82.2 Å². The number of nitrogens with zero attached hydrogens (tertiary/aromatic N) is 2. The standard InChI is InChI=1S/C28H30N4O2S/c1-16-6-9-19(12-17(16)2)30-27(34)21-15-29-32-25(18-7-10-20(35-5)11-8-18)24-22(31-26(21)32)13-28(3,4)14-23(24)33/h6-12,15,25,31H,13-14H2,1-5H3,(H,30,34). The van der Waals surface area contributed by atoms with E-state index in [-0.39, 0.29) is 23.1 Å². The molecule has 7 heteroatoms. The summed E-state index contributed by atoms with van der Waals surface area (Å²) < 4.78 is 1.79. The second-order valence-electron chi connectivity index (χ2n) is 10.2. The van der Waals surface area contributed by atoms with Crippen molar-refractivity contribution < 1.29 is 9.59 Å². The third kappa shape index (κ3) is 4.29. The Morgan fingerprint density at radius 1 is 1.11 bits per heavy atom. The average molecular weight is 487 g/mol. The summed E-state index contributed by atoms with van der Waals surface area (Å²) in [4.78, 5) is 27.9. The molecule has 2 heterocycles. The first-order valence-corrected chi connectivity index (χ1v) is 13.0. The molecule has 35 heavy (non-hydrogen) atoms. The largest absolute Gasteiger partial charge is 0.343 e. The van der Waals surface area contributed by atoms with Crippen LogP contribution in [0.25, 0.3) is 0 Å². The second kappa shape index (κ2) is 8.72. The summed E-state index contributed by atoms with van der Waals surface area (Å²) in [6.07, 6.45) is 4.86. The first kappa shape index (κ1) is 23.4. The number of benzene rings is 2. The number of fused-ring (bicyclic) bond motifs is 1. The van der Waals surface area contributed by atoms with E-state index in [4.69, 9.17) is 0 Å². The van der Waals surface area contributed by atoms with Gasteiger partial charge in [0, 0.05) is 28.3 Å². The molecule has 1 unspecified atom stereocenters. The van der Waals surface area contributed by atoms with Crippen molar-refractivity contribution in [2.75, 3.05) is 16.9 Å². The molecule has 2 aromatic carbocycles. The van der Waals surface area contributed by atoms with Crippen molar-refractivity contribution >= 4 is 35.0 Å². The number of rotatable bonds is 4. The van der Waals surface area contributed by atoms with Crippen LogP contribution in [0.1, 0.15) is 59.8 Å². The third-order valence-electron chi connectivity index (χ3n) is 6.94. The maximum Gasteiger partial charge on any atom is 0.261 e. The van der Waals surface area contributed by atoms with E-state index in [9.17, 15) is 9.59 Å². The fourth-order valence-corrected chi connectivity index (χ4v) is 5.40. The first-order chi connectivity index (χ1) is 16.7. The van der Waals surface area contributed by atoms with Crippen LogP contribution < -0.4 is 10.6 Å². The van der Waals surface area contributed by atoms with Crippen molar-refractivity contribution in [2.24, 2.45) is 5.41 Å². The summed E-state index contributed by atoms with van der Waals surface area (Å²) in [6.45, 7) is 8.29. The molecule has 3 aromatic rings. The zero-order valence-electron chi connectivity index (χ0n) is 20.7. The SMILES string of the molecule is CSc1ccc(C2C3=C(CC(C)(C)CC3=O)Nc3c(C(=O)Nc4ccc(C)c(C)c4)cnn32)cc1. The van der Waals surface area contributed by atoms with Gasteiger partial charge in [0.2, 0.25) is 0 Å². The third-order valence-corrected chi connectivity index (χ3v) is 7.69. The molecular weight excluding hydrogens is 456 g/mol. The van der Waals surface area contributed by atoms with Crippen LogP contribution in [0.2, 0.25) is 0 Å². The van der Waals surface area contributed by atoms with Gasteiger partial charge in [-0.2, -0.15) is 5.10 Å². The number of allylic oxidation sites excluding steroid dienone is 2. The molecular formula is C28H30N4O2S. The lowest BCUT2D eigenvalue weighted by Crippen LogP contribution is -2.37. The Labute approximate surface area is 210 Å². The minimum absolute atomic E-state index is 0.130. The van der Waals surface area contributed by atoms with Crippen LogP contribution in [-0.4, -0.2) is 27.7 Å². The molecule has 1 aliphatic carbocycles. The Kier molecular flexibility index (Phi) is 5.83. The lowest BCUT2D eigenvalue weighted by atomic mass is 9.73. The molecule has 2 aliphatic rings. The number of hydrogen-bond acceptors (Lipinski definition) is 5. The second-order valence-corrected chi connectivity index (χ2v) is 11.1. The molecule has 0 bridgehead atoms. The van der Waals surface area contributed by atoms with Crippen LogP contribution >= 0.6 is 11.8 Å². The predicted molar refractivity (Wildman–Crippen MR) is 141 cm³/mol. The van der Waals surface area contributed by atoms with Gasteiger partial charge in [0.05, 0.1) is 6.20 Å². The molecule has 0 fully saturated rings. The molecule has 6 nitrogen and oxygen atoms in total. The van der Waals surface area contributed by atoms with Crippen LogP contribution in [0.3, 0.4) is 0 Å². The number of ketones is 1. The number of Topliss-reactive ketones (excluding diaryl/α,β-unsaturated/α-hetero) is 1. The topological polar surface area (TPSA) is 76.0 Å². The summed E-state index contributed by atoms with van der Waals surface area (Å²) in [5.41, 5.74) is 5.95. The number of carbonyl (C=O) groups excluding carboxylic acids is 2. The van der Waals surface area contributed by atoms with Crippen molar-refractivity contribution in [3.63, 3.8) is 0 Å². The summed E-state index contributed by atoms with van der Waals surface area (Å²) in [5, 5.41) is 11.1. The minimum atomic E-state index is -0.371. The maximum absolute atomic E-state index is 13.4. The Balaban J connectivity index is 1.57. The predicted octanol–water partition coefficient (Wildman–Crippen LogP) is 6.13. The Morgan fingerprint density at radius 2 is 1.86 bits per heavy atom. The molecule has 0 saturated heterocycles. The molecule has 0 spiro atoms. The first-order valence-electron chi connectivity index (χ1n) is 11.8. The van der Waals surface area contributed by atoms with E-state index >= 15 is 0 Å². The zero-order chi connectivity index (χ0) is 24.9. The fourth-order valence-electron chi connectivity index (χ4n) is 4.99. The number of aromatic nitrogens is 2. The Morgan fingerprint density at radius 3 is 2.54 bits per heavy atom.